The topological polar surface area (TPSA) is 103 Å². The number of rotatable bonds is 8. The van der Waals surface area contributed by atoms with Gasteiger partial charge in [-0.05, 0) is 55.2 Å². The minimum absolute atomic E-state index is 0.00859. The summed E-state index contributed by atoms with van der Waals surface area (Å²) in [7, 11) is 0. The van der Waals surface area contributed by atoms with Gasteiger partial charge in [0.15, 0.2) is 11.0 Å². The van der Waals surface area contributed by atoms with Crippen LogP contribution in [0.2, 0.25) is 10.0 Å². The van der Waals surface area contributed by atoms with Crippen molar-refractivity contribution >= 4 is 52.2 Å². The molecule has 2 aromatic carbocycles. The van der Waals surface area contributed by atoms with Gasteiger partial charge < -0.3 is 9.88 Å². The van der Waals surface area contributed by atoms with Crippen LogP contribution in [0.4, 0.5) is 11.4 Å². The summed E-state index contributed by atoms with van der Waals surface area (Å²) in [5.74, 6) is 0.501. The fourth-order valence-corrected chi connectivity index (χ4v) is 4.40. The maximum Gasteiger partial charge on any atom is 0.293 e. The van der Waals surface area contributed by atoms with Gasteiger partial charge in [0.25, 0.3) is 5.69 Å². The third-order valence-corrected chi connectivity index (χ3v) is 6.37. The van der Waals surface area contributed by atoms with Crippen molar-refractivity contribution in [3.63, 3.8) is 0 Å². The first-order valence-electron chi connectivity index (χ1n) is 10.1. The van der Waals surface area contributed by atoms with Gasteiger partial charge in [-0.25, -0.2) is 0 Å². The number of nitrogens with zero attached hydrogens (tertiary/aromatic N) is 4. The molecule has 1 heterocycles. The smallest absolute Gasteiger partial charge is 0.293 e. The highest BCUT2D eigenvalue weighted by atomic mass is 35.5. The molecule has 0 saturated carbocycles. The lowest BCUT2D eigenvalue weighted by Gasteiger charge is -2.13. The summed E-state index contributed by atoms with van der Waals surface area (Å²) in [6, 6.07) is 8.22. The first-order chi connectivity index (χ1) is 15.6. The fourth-order valence-electron chi connectivity index (χ4n) is 3.16. The predicted octanol–water partition coefficient (Wildman–Crippen LogP) is 6.16. The van der Waals surface area contributed by atoms with Gasteiger partial charge in [-0.3, -0.25) is 14.9 Å². The molecular weight excluding hydrogens is 485 g/mol. The lowest BCUT2D eigenvalue weighted by molar-refractivity contribution is -0.384. The van der Waals surface area contributed by atoms with Crippen molar-refractivity contribution in [2.45, 2.75) is 39.4 Å². The molecule has 0 aliphatic rings. The third-order valence-electron chi connectivity index (χ3n) is 4.85. The van der Waals surface area contributed by atoms with Crippen molar-refractivity contribution in [3.05, 3.63) is 61.6 Å². The molecule has 33 heavy (non-hydrogen) atoms. The molecule has 3 aromatic rings. The van der Waals surface area contributed by atoms with Crippen LogP contribution in [0.15, 0.2) is 35.5 Å². The van der Waals surface area contributed by atoms with E-state index in [9.17, 15) is 14.9 Å². The number of carbonyl (C=O) groups is 1. The Kier molecular flexibility index (Phi) is 7.99. The van der Waals surface area contributed by atoms with Crippen LogP contribution in [-0.2, 0) is 11.3 Å². The molecule has 8 nitrogen and oxygen atoms in total. The Hall–Kier alpha value is -2.62. The molecular formula is C22H23Cl2N5O3S. The maximum absolute atomic E-state index is 12.6. The standard InChI is InChI=1S/C22H23Cl2N5O3S/c1-12(2)10-28-21(16-6-5-15(23)9-17(16)24)26-27-22(28)33-11-20(30)25-18-7-13(3)14(4)8-19(18)29(31)32/h5-9,12H,10-11H2,1-4H3,(H,25,30). The van der Waals surface area contributed by atoms with Crippen molar-refractivity contribution in [1.29, 1.82) is 0 Å². The van der Waals surface area contributed by atoms with Crippen LogP contribution in [0.1, 0.15) is 25.0 Å². The normalized spacial score (nSPS) is 11.1. The van der Waals surface area contributed by atoms with E-state index in [-0.39, 0.29) is 29.0 Å². The second-order valence-corrected chi connectivity index (χ2v) is 9.77. The molecule has 0 fully saturated rings. The number of thioether (sulfide) groups is 1. The zero-order valence-electron chi connectivity index (χ0n) is 18.6. The SMILES string of the molecule is Cc1cc(NC(=O)CSc2nnc(-c3ccc(Cl)cc3Cl)n2CC(C)C)c([N+](=O)[O-])cc1C. The Morgan fingerprint density at radius 1 is 1.18 bits per heavy atom. The molecule has 0 saturated heterocycles. The number of halogens is 2. The molecule has 174 valence electrons. The molecule has 0 spiro atoms. The van der Waals surface area contributed by atoms with E-state index in [1.54, 1.807) is 31.2 Å². The third kappa shape index (κ3) is 6.04. The van der Waals surface area contributed by atoms with E-state index < -0.39 is 4.92 Å². The number of anilines is 1. The van der Waals surface area contributed by atoms with Crippen molar-refractivity contribution in [2.24, 2.45) is 5.92 Å². The molecule has 0 bridgehead atoms. The Morgan fingerprint density at radius 3 is 2.52 bits per heavy atom. The quantitative estimate of drug-likeness (QED) is 0.222. The Morgan fingerprint density at radius 2 is 1.88 bits per heavy atom. The van der Waals surface area contributed by atoms with E-state index in [0.29, 0.717) is 33.1 Å². The van der Waals surface area contributed by atoms with Crippen molar-refractivity contribution in [1.82, 2.24) is 14.8 Å². The Labute approximate surface area is 205 Å². The zero-order valence-corrected chi connectivity index (χ0v) is 20.9. The summed E-state index contributed by atoms with van der Waals surface area (Å²) in [5.41, 5.74) is 2.36. The summed E-state index contributed by atoms with van der Waals surface area (Å²) in [5, 5.41) is 24.1. The number of aromatic nitrogens is 3. The van der Waals surface area contributed by atoms with Gasteiger partial charge >= 0.3 is 0 Å². The summed E-state index contributed by atoms with van der Waals surface area (Å²) >= 11 is 13.6. The minimum Gasteiger partial charge on any atom is -0.320 e. The number of nitro groups is 1. The van der Waals surface area contributed by atoms with Gasteiger partial charge in [-0.15, -0.1) is 10.2 Å². The number of nitro benzene ring substituents is 1. The second-order valence-electron chi connectivity index (χ2n) is 7.98. The van der Waals surface area contributed by atoms with E-state index >= 15 is 0 Å². The van der Waals surface area contributed by atoms with Crippen LogP contribution in [-0.4, -0.2) is 31.3 Å². The molecule has 0 unspecified atom stereocenters. The monoisotopic (exact) mass is 507 g/mol. The largest absolute Gasteiger partial charge is 0.320 e. The van der Waals surface area contributed by atoms with Gasteiger partial charge in [0.1, 0.15) is 5.69 Å². The lowest BCUT2D eigenvalue weighted by Crippen LogP contribution is -2.16. The van der Waals surface area contributed by atoms with Crippen molar-refractivity contribution < 1.29 is 9.72 Å². The van der Waals surface area contributed by atoms with Gasteiger partial charge in [-0.1, -0.05) is 48.8 Å². The fraction of sp³-hybridized carbons (Fsp3) is 0.318. The second kappa shape index (κ2) is 10.5. The van der Waals surface area contributed by atoms with E-state index in [1.807, 2.05) is 11.5 Å². The van der Waals surface area contributed by atoms with E-state index in [0.717, 1.165) is 11.1 Å². The summed E-state index contributed by atoms with van der Waals surface area (Å²) < 4.78 is 1.91. The van der Waals surface area contributed by atoms with Gasteiger partial charge in [0, 0.05) is 23.2 Å². The average molecular weight is 508 g/mol. The van der Waals surface area contributed by atoms with Gasteiger partial charge in [0.2, 0.25) is 5.91 Å². The number of amides is 1. The van der Waals surface area contributed by atoms with E-state index in [2.05, 4.69) is 29.4 Å². The molecule has 1 amide bonds. The molecule has 1 aromatic heterocycles. The van der Waals surface area contributed by atoms with Crippen molar-refractivity contribution in [3.8, 4) is 11.4 Å². The van der Waals surface area contributed by atoms with Crippen LogP contribution in [0.3, 0.4) is 0 Å². The number of hydrogen-bond donors (Lipinski definition) is 1. The van der Waals surface area contributed by atoms with Crippen LogP contribution in [0, 0.1) is 29.9 Å². The van der Waals surface area contributed by atoms with Crippen molar-refractivity contribution in [2.75, 3.05) is 11.1 Å². The molecule has 1 N–H and O–H groups in total. The van der Waals surface area contributed by atoms with Gasteiger partial charge in [0.05, 0.1) is 15.7 Å². The maximum atomic E-state index is 12.6. The Bertz CT molecular complexity index is 1210. The summed E-state index contributed by atoms with van der Waals surface area (Å²) in [6.45, 7) is 8.37. The number of hydrogen-bond acceptors (Lipinski definition) is 6. The summed E-state index contributed by atoms with van der Waals surface area (Å²) in [6.07, 6.45) is 0. The zero-order chi connectivity index (χ0) is 24.3. The lowest BCUT2D eigenvalue weighted by atomic mass is 10.1. The predicted molar refractivity (Wildman–Crippen MR) is 132 cm³/mol. The molecule has 3 rings (SSSR count). The van der Waals surface area contributed by atoms with E-state index in [4.69, 9.17) is 23.2 Å². The first kappa shape index (κ1) is 25.0. The van der Waals surface area contributed by atoms with Crippen LogP contribution in [0.25, 0.3) is 11.4 Å². The molecule has 0 radical (unpaired) electrons. The number of carbonyl (C=O) groups excluding carboxylic acids is 1. The van der Waals surface area contributed by atoms with E-state index in [1.165, 1.54) is 17.8 Å². The molecule has 11 heteroatoms. The number of nitrogens with one attached hydrogen (secondary N) is 1. The minimum atomic E-state index is -0.503. The highest BCUT2D eigenvalue weighted by molar-refractivity contribution is 7.99. The van der Waals surface area contributed by atoms with Crippen LogP contribution in [0.5, 0.6) is 0 Å². The van der Waals surface area contributed by atoms with Gasteiger partial charge in [-0.2, -0.15) is 0 Å². The average Bonchev–Trinajstić information content (AvgIpc) is 3.10. The molecule has 0 atom stereocenters. The highest BCUT2D eigenvalue weighted by Crippen LogP contribution is 2.32. The number of benzene rings is 2. The molecule has 0 aliphatic heterocycles. The first-order valence-corrected chi connectivity index (χ1v) is 11.9. The van der Waals surface area contributed by atoms with Crippen LogP contribution >= 0.6 is 35.0 Å². The number of aryl methyl sites for hydroxylation is 2. The molecule has 0 aliphatic carbocycles. The Balaban J connectivity index is 1.82. The summed E-state index contributed by atoms with van der Waals surface area (Å²) in [4.78, 5) is 23.5. The highest BCUT2D eigenvalue weighted by Gasteiger charge is 2.21. The van der Waals surface area contributed by atoms with Crippen LogP contribution < -0.4 is 5.32 Å².